The van der Waals surface area contributed by atoms with Gasteiger partial charge in [-0.05, 0) is 47.5 Å². The monoisotopic (exact) mass is 347 g/mol. The van der Waals surface area contributed by atoms with Crippen LogP contribution in [0.5, 0.6) is 0 Å². The van der Waals surface area contributed by atoms with Crippen molar-refractivity contribution < 1.29 is 0 Å². The number of thioether (sulfide) groups is 1. The molecule has 5 nitrogen and oxygen atoms in total. The molecule has 6 heteroatoms. The molecule has 0 amide bonds. The minimum Gasteiger partial charge on any atom is -0.256 e. The molecule has 124 valence electrons. The van der Waals surface area contributed by atoms with Crippen molar-refractivity contribution in [1.29, 1.82) is 0 Å². The molecule has 0 N–H and O–H groups in total. The third-order valence-electron chi connectivity index (χ3n) is 4.09. The molecule has 0 aliphatic heterocycles. The SMILES string of the molecule is Cc1ccc(-n2nnnc2SCc2cccc3cccnc23)c(C)c1. The van der Waals surface area contributed by atoms with Crippen LogP contribution in [0.4, 0.5) is 0 Å². The quantitative estimate of drug-likeness (QED) is 0.520. The van der Waals surface area contributed by atoms with Crippen molar-refractivity contribution in [2.45, 2.75) is 24.8 Å². The summed E-state index contributed by atoms with van der Waals surface area (Å²) in [6, 6.07) is 16.6. The second kappa shape index (κ2) is 6.64. The van der Waals surface area contributed by atoms with E-state index < -0.39 is 0 Å². The number of hydrogen-bond donors (Lipinski definition) is 0. The van der Waals surface area contributed by atoms with Crippen LogP contribution >= 0.6 is 11.8 Å². The first-order chi connectivity index (χ1) is 12.2. The molecular weight excluding hydrogens is 330 g/mol. The van der Waals surface area contributed by atoms with Crippen molar-refractivity contribution >= 4 is 22.7 Å². The molecule has 0 atom stereocenters. The van der Waals surface area contributed by atoms with Gasteiger partial charge in [-0.2, -0.15) is 4.68 Å². The second-order valence-corrected chi connectivity index (χ2v) is 6.89. The van der Waals surface area contributed by atoms with Gasteiger partial charge in [0.05, 0.1) is 11.2 Å². The molecule has 0 fully saturated rings. The summed E-state index contributed by atoms with van der Waals surface area (Å²) in [5.41, 5.74) is 5.60. The number of benzene rings is 2. The maximum atomic E-state index is 4.51. The predicted molar refractivity (Wildman–Crippen MR) is 99.9 cm³/mol. The number of para-hydroxylation sites is 1. The van der Waals surface area contributed by atoms with E-state index in [2.05, 4.69) is 76.8 Å². The van der Waals surface area contributed by atoms with Crippen molar-refractivity contribution in [2.24, 2.45) is 0 Å². The van der Waals surface area contributed by atoms with Gasteiger partial charge in [0.15, 0.2) is 0 Å². The van der Waals surface area contributed by atoms with Crippen LogP contribution in [0.25, 0.3) is 16.6 Å². The molecule has 0 spiro atoms. The van der Waals surface area contributed by atoms with Gasteiger partial charge in [-0.1, -0.05) is 53.7 Å². The molecule has 0 saturated carbocycles. The number of tetrazole rings is 1. The Morgan fingerprint density at radius 3 is 2.80 bits per heavy atom. The van der Waals surface area contributed by atoms with Gasteiger partial charge in [0.2, 0.25) is 5.16 Å². The van der Waals surface area contributed by atoms with E-state index in [0.29, 0.717) is 0 Å². The Labute approximate surface area is 150 Å². The highest BCUT2D eigenvalue weighted by Gasteiger charge is 2.12. The fourth-order valence-electron chi connectivity index (χ4n) is 2.89. The van der Waals surface area contributed by atoms with E-state index in [1.54, 1.807) is 16.4 Å². The van der Waals surface area contributed by atoms with Crippen LogP contribution < -0.4 is 0 Å². The fraction of sp³-hybridized carbons (Fsp3) is 0.158. The minimum absolute atomic E-state index is 0.764. The third-order valence-corrected chi connectivity index (χ3v) is 5.06. The van der Waals surface area contributed by atoms with E-state index in [4.69, 9.17) is 0 Å². The lowest BCUT2D eigenvalue weighted by molar-refractivity contribution is 0.751. The topological polar surface area (TPSA) is 56.5 Å². The zero-order valence-electron chi connectivity index (χ0n) is 14.0. The molecular formula is C19H17N5S. The van der Waals surface area contributed by atoms with Crippen LogP contribution in [-0.4, -0.2) is 25.2 Å². The van der Waals surface area contributed by atoms with Gasteiger partial charge < -0.3 is 0 Å². The van der Waals surface area contributed by atoms with E-state index in [-0.39, 0.29) is 0 Å². The first-order valence-electron chi connectivity index (χ1n) is 8.04. The predicted octanol–water partition coefficient (Wildman–Crippen LogP) is 4.12. The zero-order chi connectivity index (χ0) is 17.2. The lowest BCUT2D eigenvalue weighted by atomic mass is 10.1. The molecule has 2 aromatic carbocycles. The van der Waals surface area contributed by atoms with Crippen LogP contribution in [0.15, 0.2) is 59.9 Å². The van der Waals surface area contributed by atoms with E-state index in [1.807, 2.05) is 12.3 Å². The normalized spacial score (nSPS) is 11.1. The van der Waals surface area contributed by atoms with Gasteiger partial charge in [0, 0.05) is 17.3 Å². The highest BCUT2D eigenvalue weighted by molar-refractivity contribution is 7.98. The summed E-state index contributed by atoms with van der Waals surface area (Å²) in [7, 11) is 0. The molecule has 0 radical (unpaired) electrons. The fourth-order valence-corrected chi connectivity index (χ4v) is 3.76. The number of aryl methyl sites for hydroxylation is 2. The van der Waals surface area contributed by atoms with Gasteiger partial charge in [-0.15, -0.1) is 5.10 Å². The maximum Gasteiger partial charge on any atom is 0.214 e. The summed E-state index contributed by atoms with van der Waals surface area (Å²) < 4.78 is 1.80. The number of aromatic nitrogens is 5. The summed E-state index contributed by atoms with van der Waals surface area (Å²) in [5.74, 6) is 0.764. The first-order valence-corrected chi connectivity index (χ1v) is 9.02. The van der Waals surface area contributed by atoms with Gasteiger partial charge in [-0.25, -0.2) is 0 Å². The van der Waals surface area contributed by atoms with Crippen LogP contribution in [-0.2, 0) is 5.75 Å². The molecule has 0 aliphatic rings. The summed E-state index contributed by atoms with van der Waals surface area (Å²) in [6.45, 7) is 4.16. The van der Waals surface area contributed by atoms with Crippen molar-refractivity contribution in [3.05, 3.63) is 71.4 Å². The van der Waals surface area contributed by atoms with E-state index >= 15 is 0 Å². The Kier molecular flexibility index (Phi) is 4.19. The molecule has 0 saturated heterocycles. The average Bonchev–Trinajstić information content (AvgIpc) is 3.08. The first kappa shape index (κ1) is 15.8. The lowest BCUT2D eigenvalue weighted by Crippen LogP contribution is -2.02. The second-order valence-electron chi connectivity index (χ2n) is 5.94. The minimum atomic E-state index is 0.764. The van der Waals surface area contributed by atoms with Crippen LogP contribution in [0.2, 0.25) is 0 Å². The summed E-state index contributed by atoms with van der Waals surface area (Å²) >= 11 is 1.62. The Bertz CT molecular complexity index is 1040. The van der Waals surface area contributed by atoms with E-state index in [1.165, 1.54) is 11.1 Å². The highest BCUT2D eigenvalue weighted by atomic mass is 32.2. The van der Waals surface area contributed by atoms with Gasteiger partial charge in [-0.3, -0.25) is 4.98 Å². The Morgan fingerprint density at radius 2 is 1.92 bits per heavy atom. The highest BCUT2D eigenvalue weighted by Crippen LogP contribution is 2.27. The van der Waals surface area contributed by atoms with Crippen molar-refractivity contribution in [3.8, 4) is 5.69 Å². The Morgan fingerprint density at radius 1 is 1.04 bits per heavy atom. The number of pyridine rings is 1. The molecule has 2 aromatic heterocycles. The van der Waals surface area contributed by atoms with Crippen LogP contribution in [0.1, 0.15) is 16.7 Å². The number of hydrogen-bond acceptors (Lipinski definition) is 5. The van der Waals surface area contributed by atoms with E-state index in [0.717, 1.165) is 33.1 Å². The number of nitrogens with zero attached hydrogens (tertiary/aromatic N) is 5. The van der Waals surface area contributed by atoms with Gasteiger partial charge >= 0.3 is 0 Å². The molecule has 0 unspecified atom stereocenters. The van der Waals surface area contributed by atoms with Crippen molar-refractivity contribution in [1.82, 2.24) is 25.2 Å². The van der Waals surface area contributed by atoms with Crippen molar-refractivity contribution in [3.63, 3.8) is 0 Å². The van der Waals surface area contributed by atoms with Crippen LogP contribution in [0, 0.1) is 13.8 Å². The zero-order valence-corrected chi connectivity index (χ0v) is 14.9. The smallest absolute Gasteiger partial charge is 0.214 e. The molecule has 4 rings (SSSR count). The standard InChI is InChI=1S/C19H17N5S/c1-13-8-9-17(14(2)11-13)24-19(21-22-23-24)25-12-16-6-3-5-15-7-4-10-20-18(15)16/h3-11H,12H2,1-2H3. The Hall–Kier alpha value is -2.73. The summed E-state index contributed by atoms with van der Waals surface area (Å²) in [6.07, 6.45) is 1.83. The van der Waals surface area contributed by atoms with Crippen LogP contribution in [0.3, 0.4) is 0 Å². The van der Waals surface area contributed by atoms with Gasteiger partial charge in [0.25, 0.3) is 0 Å². The molecule has 0 aliphatic carbocycles. The molecule has 2 heterocycles. The summed E-state index contributed by atoms with van der Waals surface area (Å²) in [4.78, 5) is 4.51. The molecule has 4 aromatic rings. The largest absolute Gasteiger partial charge is 0.256 e. The molecule has 0 bridgehead atoms. The summed E-state index contributed by atoms with van der Waals surface area (Å²) in [5, 5.41) is 14.2. The van der Waals surface area contributed by atoms with Gasteiger partial charge in [0.1, 0.15) is 0 Å². The number of fused-ring (bicyclic) bond motifs is 1. The Balaban J connectivity index is 1.63. The average molecular weight is 347 g/mol. The van der Waals surface area contributed by atoms with E-state index in [9.17, 15) is 0 Å². The van der Waals surface area contributed by atoms with Crippen molar-refractivity contribution in [2.75, 3.05) is 0 Å². The number of rotatable bonds is 4. The maximum absolute atomic E-state index is 4.51. The lowest BCUT2D eigenvalue weighted by Gasteiger charge is -2.09. The molecule has 25 heavy (non-hydrogen) atoms. The third kappa shape index (κ3) is 3.13.